The first-order valence-electron chi connectivity index (χ1n) is 16.0. The highest BCUT2D eigenvalue weighted by molar-refractivity contribution is 5.98. The number of benzene rings is 1. The minimum atomic E-state index is -0.347. The smallest absolute Gasteiger partial charge is 0.322 e. The van der Waals surface area contributed by atoms with Crippen molar-refractivity contribution in [3.05, 3.63) is 42.6 Å². The van der Waals surface area contributed by atoms with E-state index >= 15 is 0 Å². The molecule has 4 aliphatic carbocycles. The standard InChI is InChI=1S/C33H45N7O2/c1-22(2)21-37-9-11-38(12-10-37)26-7-8-29(35-20-26)39-13-14-40(28-6-4-3-5-27(28)39)32(42)36-30-24-15-23-16-25(30)19-33(17-23,18-24)31(34)41/h3-8,20,22-25,30H,9-19,21H2,1-2H3,(H2,34,41)(H,36,42)/t23?,24-,25+,30?,33?. The number of nitrogens with zero attached hydrogens (tertiary/aromatic N) is 5. The molecule has 3 heterocycles. The van der Waals surface area contributed by atoms with Crippen LogP contribution >= 0.6 is 0 Å². The highest BCUT2D eigenvalue weighted by Gasteiger charge is 2.58. The molecule has 224 valence electrons. The Kier molecular flexibility index (Phi) is 7.03. The van der Waals surface area contributed by atoms with Crippen LogP contribution in [0, 0.1) is 29.1 Å². The number of urea groups is 1. The molecule has 4 bridgehead atoms. The summed E-state index contributed by atoms with van der Waals surface area (Å²) in [5.74, 6) is 2.71. The van der Waals surface area contributed by atoms with Crippen molar-refractivity contribution in [1.29, 1.82) is 0 Å². The van der Waals surface area contributed by atoms with E-state index < -0.39 is 0 Å². The summed E-state index contributed by atoms with van der Waals surface area (Å²) in [4.78, 5) is 40.2. The molecule has 0 spiro atoms. The number of amides is 3. The molecule has 0 radical (unpaired) electrons. The molecule has 42 heavy (non-hydrogen) atoms. The van der Waals surface area contributed by atoms with Gasteiger partial charge in [0.2, 0.25) is 5.91 Å². The molecule has 8 rings (SSSR count). The number of anilines is 4. The molecule has 5 fully saturated rings. The number of aromatic nitrogens is 1. The second-order valence-corrected chi connectivity index (χ2v) is 13.9. The number of hydrogen-bond acceptors (Lipinski definition) is 6. The van der Waals surface area contributed by atoms with Gasteiger partial charge in [0.15, 0.2) is 0 Å². The van der Waals surface area contributed by atoms with Crippen LogP contribution in [0.5, 0.6) is 0 Å². The molecule has 3 unspecified atom stereocenters. The first-order valence-corrected chi connectivity index (χ1v) is 16.0. The summed E-state index contributed by atoms with van der Waals surface area (Å²) >= 11 is 0. The van der Waals surface area contributed by atoms with E-state index in [1.807, 2.05) is 29.3 Å². The van der Waals surface area contributed by atoms with Crippen molar-refractivity contribution in [3.8, 4) is 0 Å². The fourth-order valence-electron chi connectivity index (χ4n) is 9.02. The molecule has 1 saturated heterocycles. The molecule has 2 aromatic rings. The van der Waals surface area contributed by atoms with Gasteiger partial charge in [-0.3, -0.25) is 14.6 Å². The Hall–Kier alpha value is -3.33. The zero-order valence-corrected chi connectivity index (χ0v) is 25.0. The SMILES string of the molecule is CC(C)CN1CCN(c2ccc(N3CCN(C(=O)NC4[C@@H]5CC6C[C@H]4CC(C(N)=O)(C6)C5)c4ccccc43)nc2)CC1. The Morgan fingerprint density at radius 1 is 0.952 bits per heavy atom. The fourth-order valence-corrected chi connectivity index (χ4v) is 9.02. The van der Waals surface area contributed by atoms with Gasteiger partial charge in [-0.15, -0.1) is 0 Å². The Morgan fingerprint density at radius 2 is 1.67 bits per heavy atom. The summed E-state index contributed by atoms with van der Waals surface area (Å²) < 4.78 is 0. The average Bonchev–Trinajstić information content (AvgIpc) is 2.98. The number of nitrogens with one attached hydrogen (secondary N) is 1. The van der Waals surface area contributed by atoms with E-state index in [1.165, 1.54) is 5.69 Å². The van der Waals surface area contributed by atoms with Gasteiger partial charge in [-0.1, -0.05) is 26.0 Å². The lowest BCUT2D eigenvalue weighted by Crippen LogP contribution is -2.63. The summed E-state index contributed by atoms with van der Waals surface area (Å²) in [7, 11) is 0. The lowest BCUT2D eigenvalue weighted by Gasteiger charge is -2.59. The van der Waals surface area contributed by atoms with Crippen LogP contribution in [-0.2, 0) is 4.79 Å². The molecule has 4 saturated carbocycles. The second kappa shape index (κ2) is 10.7. The third kappa shape index (κ3) is 4.89. The van der Waals surface area contributed by atoms with Crippen LogP contribution < -0.4 is 25.8 Å². The summed E-state index contributed by atoms with van der Waals surface area (Å²) in [6.07, 6.45) is 6.77. The van der Waals surface area contributed by atoms with Gasteiger partial charge >= 0.3 is 6.03 Å². The summed E-state index contributed by atoms with van der Waals surface area (Å²) in [6, 6.07) is 12.5. The van der Waals surface area contributed by atoms with Crippen molar-refractivity contribution in [1.82, 2.24) is 15.2 Å². The molecular formula is C33H45N7O2. The van der Waals surface area contributed by atoms with Crippen LogP contribution in [0.1, 0.15) is 46.0 Å². The normalized spacial score (nSPS) is 30.5. The molecule has 9 nitrogen and oxygen atoms in total. The number of carbonyl (C=O) groups is 2. The largest absolute Gasteiger partial charge is 0.369 e. The molecule has 5 atom stereocenters. The van der Waals surface area contributed by atoms with Crippen molar-refractivity contribution in [2.24, 2.45) is 34.8 Å². The van der Waals surface area contributed by atoms with Crippen molar-refractivity contribution in [2.45, 2.75) is 52.0 Å². The topological polar surface area (TPSA) is 98.0 Å². The van der Waals surface area contributed by atoms with Gasteiger partial charge in [0.05, 0.1) is 23.3 Å². The number of primary amides is 1. The first-order chi connectivity index (χ1) is 20.3. The van der Waals surface area contributed by atoms with Gasteiger partial charge < -0.3 is 20.9 Å². The monoisotopic (exact) mass is 571 g/mol. The molecule has 3 N–H and O–H groups in total. The maximum atomic E-state index is 13.8. The molecule has 1 aromatic carbocycles. The summed E-state index contributed by atoms with van der Waals surface area (Å²) in [5, 5.41) is 3.43. The highest BCUT2D eigenvalue weighted by atomic mass is 16.2. The maximum Gasteiger partial charge on any atom is 0.322 e. The fraction of sp³-hybridized carbons (Fsp3) is 0.606. The van der Waals surface area contributed by atoms with E-state index in [-0.39, 0.29) is 23.4 Å². The van der Waals surface area contributed by atoms with Crippen LogP contribution in [0.2, 0.25) is 0 Å². The molecular weight excluding hydrogens is 526 g/mol. The van der Waals surface area contributed by atoms with Gasteiger partial charge in [0.1, 0.15) is 5.82 Å². The number of para-hydroxylation sites is 2. The number of fused-ring (bicyclic) bond motifs is 1. The van der Waals surface area contributed by atoms with Crippen LogP contribution in [0.4, 0.5) is 27.7 Å². The van der Waals surface area contributed by atoms with Crippen LogP contribution in [0.15, 0.2) is 42.6 Å². The Labute approximate surface area is 249 Å². The van der Waals surface area contributed by atoms with E-state index in [9.17, 15) is 9.59 Å². The predicted octanol–water partition coefficient (Wildman–Crippen LogP) is 4.21. The van der Waals surface area contributed by atoms with E-state index in [4.69, 9.17) is 10.7 Å². The maximum absolute atomic E-state index is 13.8. The molecule has 9 heteroatoms. The van der Waals surface area contributed by atoms with Gasteiger partial charge in [-0.25, -0.2) is 9.78 Å². The van der Waals surface area contributed by atoms with Gasteiger partial charge in [0.25, 0.3) is 0 Å². The van der Waals surface area contributed by atoms with Crippen LogP contribution in [0.25, 0.3) is 0 Å². The molecule has 1 aromatic heterocycles. The van der Waals surface area contributed by atoms with E-state index in [0.717, 1.165) is 82.0 Å². The van der Waals surface area contributed by atoms with Crippen LogP contribution in [-0.4, -0.2) is 73.7 Å². The van der Waals surface area contributed by atoms with Crippen molar-refractivity contribution in [3.63, 3.8) is 0 Å². The number of piperazine rings is 1. The van der Waals surface area contributed by atoms with Crippen molar-refractivity contribution < 1.29 is 9.59 Å². The minimum absolute atomic E-state index is 0.0346. The van der Waals surface area contributed by atoms with Crippen LogP contribution in [0.3, 0.4) is 0 Å². The third-order valence-corrected chi connectivity index (χ3v) is 10.7. The average molecular weight is 572 g/mol. The van der Waals surface area contributed by atoms with E-state index in [0.29, 0.717) is 36.8 Å². The Morgan fingerprint density at radius 3 is 2.31 bits per heavy atom. The number of nitrogens with two attached hydrogens (primary N) is 1. The summed E-state index contributed by atoms with van der Waals surface area (Å²) in [6.45, 7) is 11.2. The third-order valence-electron chi connectivity index (χ3n) is 10.7. The molecule has 6 aliphatic rings. The van der Waals surface area contributed by atoms with E-state index in [2.05, 4.69) is 52.1 Å². The van der Waals surface area contributed by atoms with Crippen molar-refractivity contribution >= 4 is 34.8 Å². The number of rotatable bonds is 6. The second-order valence-electron chi connectivity index (χ2n) is 13.9. The Balaban J connectivity index is 1.03. The highest BCUT2D eigenvalue weighted by Crippen LogP contribution is 2.60. The zero-order chi connectivity index (χ0) is 29.0. The minimum Gasteiger partial charge on any atom is -0.369 e. The quantitative estimate of drug-likeness (QED) is 0.539. The zero-order valence-electron chi connectivity index (χ0n) is 25.0. The lowest BCUT2D eigenvalue weighted by atomic mass is 9.47. The van der Waals surface area contributed by atoms with Gasteiger partial charge in [-0.05, 0) is 80.0 Å². The number of pyridine rings is 1. The van der Waals surface area contributed by atoms with E-state index in [1.54, 1.807) is 0 Å². The predicted molar refractivity (Wildman–Crippen MR) is 166 cm³/mol. The Bertz CT molecular complexity index is 1310. The number of hydrogen-bond donors (Lipinski definition) is 2. The number of carbonyl (C=O) groups excluding carboxylic acids is 2. The van der Waals surface area contributed by atoms with Gasteiger partial charge in [0, 0.05) is 57.3 Å². The van der Waals surface area contributed by atoms with Crippen molar-refractivity contribution in [2.75, 3.05) is 60.5 Å². The molecule has 2 aliphatic heterocycles. The lowest BCUT2D eigenvalue weighted by molar-refractivity contribution is -0.145. The summed E-state index contributed by atoms with van der Waals surface area (Å²) in [5.41, 5.74) is 8.62. The molecule has 3 amide bonds. The first kappa shape index (κ1) is 27.5. The van der Waals surface area contributed by atoms with Gasteiger partial charge in [-0.2, -0.15) is 0 Å².